The highest BCUT2D eigenvalue weighted by Gasteiger charge is 2.46. The lowest BCUT2D eigenvalue weighted by molar-refractivity contribution is -0.140. The number of carbonyl (C=O) groups excluding carboxylic acids is 2. The zero-order valence-corrected chi connectivity index (χ0v) is 13.7. The molecule has 1 saturated carbocycles. The maximum Gasteiger partial charge on any atom is 0.305 e. The molecule has 0 N–H and O–H groups in total. The van der Waals surface area contributed by atoms with Crippen LogP contribution in [-0.2, 0) is 18.8 Å². The van der Waals surface area contributed by atoms with Crippen molar-refractivity contribution < 1.29 is 18.8 Å². The van der Waals surface area contributed by atoms with Crippen LogP contribution in [0.5, 0.6) is 0 Å². The summed E-state index contributed by atoms with van der Waals surface area (Å²) in [6, 6.07) is 0. The van der Waals surface area contributed by atoms with Crippen LogP contribution in [0, 0.1) is 5.92 Å². The second-order valence-corrected chi connectivity index (χ2v) is 5.90. The van der Waals surface area contributed by atoms with Gasteiger partial charge in [-0.05, 0) is 31.3 Å². The van der Waals surface area contributed by atoms with E-state index in [1.807, 2.05) is 0 Å². The highest BCUT2D eigenvalue weighted by molar-refractivity contribution is 5.99. The van der Waals surface area contributed by atoms with Crippen LogP contribution in [0.1, 0.15) is 44.9 Å². The molecule has 19 heavy (non-hydrogen) atoms. The maximum absolute atomic E-state index is 12.1. The first kappa shape index (κ1) is 14.5. The van der Waals surface area contributed by atoms with Crippen molar-refractivity contribution in [2.45, 2.75) is 50.5 Å². The van der Waals surface area contributed by atoms with Gasteiger partial charge in [-0.2, -0.15) is 0 Å². The van der Waals surface area contributed by atoms with Crippen LogP contribution in [0.25, 0.3) is 0 Å². The molecule has 0 aromatic carbocycles. The van der Waals surface area contributed by atoms with E-state index in [9.17, 15) is 9.59 Å². The van der Waals surface area contributed by atoms with Crippen molar-refractivity contribution >= 4 is 22.2 Å². The third-order valence-corrected chi connectivity index (χ3v) is 5.27. The number of fused-ring (bicyclic) bond motifs is 1. The molecule has 0 aliphatic heterocycles. The van der Waals surface area contributed by atoms with E-state index in [1.54, 1.807) is 0 Å². The molecule has 2 rings (SSSR count). The molecule has 2 atom stereocenters. The van der Waals surface area contributed by atoms with Crippen LogP contribution >= 0.6 is 0 Å². The highest BCUT2D eigenvalue weighted by atomic mass is 28.2. The largest absolute Gasteiger partial charge is 0.469 e. The van der Waals surface area contributed by atoms with Gasteiger partial charge in [0, 0.05) is 25.2 Å². The minimum atomic E-state index is -0.246. The standard InChI is InChI=1S/C14H22O4Si/c1-17-13(16)6-2-5-12(15)10-8-11-4-3-7-14(11,9-10)18-19/h8,11H,2-7,9H2,1,19H3. The van der Waals surface area contributed by atoms with Crippen molar-refractivity contribution in [2.24, 2.45) is 5.92 Å². The summed E-state index contributed by atoms with van der Waals surface area (Å²) in [5.74, 6) is 0.366. The van der Waals surface area contributed by atoms with Gasteiger partial charge in [0.05, 0.1) is 12.7 Å². The van der Waals surface area contributed by atoms with E-state index in [2.05, 4.69) is 10.8 Å². The van der Waals surface area contributed by atoms with Gasteiger partial charge >= 0.3 is 5.97 Å². The molecule has 5 heteroatoms. The Bertz CT molecular complexity index is 404. The lowest BCUT2D eigenvalue weighted by Crippen LogP contribution is -2.32. The molecular weight excluding hydrogens is 260 g/mol. The Morgan fingerprint density at radius 3 is 2.89 bits per heavy atom. The van der Waals surface area contributed by atoms with Gasteiger partial charge in [-0.15, -0.1) is 0 Å². The second kappa shape index (κ2) is 6.01. The molecule has 0 aromatic heterocycles. The number of rotatable bonds is 6. The number of esters is 1. The first-order valence-electron chi connectivity index (χ1n) is 6.97. The molecule has 4 nitrogen and oxygen atoms in total. The quantitative estimate of drug-likeness (QED) is 0.540. The normalized spacial score (nSPS) is 29.1. The Labute approximate surface area is 117 Å². The molecule has 2 aliphatic rings. The van der Waals surface area contributed by atoms with Gasteiger partial charge in [0.15, 0.2) is 5.78 Å². The smallest absolute Gasteiger partial charge is 0.305 e. The zero-order valence-electron chi connectivity index (χ0n) is 11.7. The number of ketones is 1. The first-order valence-corrected chi connectivity index (χ1v) is 7.79. The summed E-state index contributed by atoms with van der Waals surface area (Å²) in [4.78, 5) is 23.1. The molecule has 0 saturated heterocycles. The lowest BCUT2D eigenvalue weighted by atomic mass is 9.92. The van der Waals surface area contributed by atoms with Gasteiger partial charge in [0.2, 0.25) is 0 Å². The van der Waals surface area contributed by atoms with Crippen molar-refractivity contribution in [3.05, 3.63) is 11.6 Å². The van der Waals surface area contributed by atoms with E-state index in [0.717, 1.165) is 35.3 Å². The SMILES string of the molecule is COC(=O)CCCC(=O)C1=CC2CCCC2(O[SiH3])C1. The molecule has 0 spiro atoms. The molecule has 0 bridgehead atoms. The Kier molecular flexibility index (Phi) is 4.57. The summed E-state index contributed by atoms with van der Waals surface area (Å²) in [5, 5.41) is 0. The number of Topliss-reactive ketones (excluding diaryl/α,β-unsaturated/α-hetero) is 1. The lowest BCUT2D eigenvalue weighted by Gasteiger charge is -2.28. The predicted molar refractivity (Wildman–Crippen MR) is 74.7 cm³/mol. The summed E-state index contributed by atoms with van der Waals surface area (Å²) >= 11 is 0. The monoisotopic (exact) mass is 282 g/mol. The summed E-state index contributed by atoms with van der Waals surface area (Å²) in [6.07, 6.45) is 7.66. The van der Waals surface area contributed by atoms with Gasteiger partial charge in [-0.25, -0.2) is 0 Å². The van der Waals surface area contributed by atoms with E-state index in [4.69, 9.17) is 4.43 Å². The molecule has 0 radical (unpaired) electrons. The van der Waals surface area contributed by atoms with Crippen LogP contribution in [0.4, 0.5) is 0 Å². The molecule has 0 amide bonds. The Morgan fingerprint density at radius 1 is 1.47 bits per heavy atom. The minimum Gasteiger partial charge on any atom is -0.469 e. The van der Waals surface area contributed by atoms with Gasteiger partial charge in [0.1, 0.15) is 10.5 Å². The first-order chi connectivity index (χ1) is 9.11. The van der Waals surface area contributed by atoms with Crippen molar-refractivity contribution in [2.75, 3.05) is 7.11 Å². The van der Waals surface area contributed by atoms with Gasteiger partial charge in [-0.1, -0.05) is 6.08 Å². The van der Waals surface area contributed by atoms with E-state index >= 15 is 0 Å². The molecule has 2 unspecified atom stereocenters. The van der Waals surface area contributed by atoms with Crippen LogP contribution in [0.3, 0.4) is 0 Å². The van der Waals surface area contributed by atoms with Gasteiger partial charge in [-0.3, -0.25) is 9.59 Å². The molecular formula is C14H22O4Si. The summed E-state index contributed by atoms with van der Waals surface area (Å²) in [6.45, 7) is 0. The minimum absolute atomic E-state index is 0.0560. The highest BCUT2D eigenvalue weighted by Crippen LogP contribution is 2.48. The number of methoxy groups -OCH3 is 1. The number of hydrogen-bond donors (Lipinski definition) is 0. The summed E-state index contributed by atoms with van der Waals surface area (Å²) in [7, 11) is 2.10. The molecule has 0 heterocycles. The van der Waals surface area contributed by atoms with Crippen molar-refractivity contribution in [1.29, 1.82) is 0 Å². The maximum atomic E-state index is 12.1. The average molecular weight is 282 g/mol. The topological polar surface area (TPSA) is 52.6 Å². The van der Waals surface area contributed by atoms with Crippen LogP contribution < -0.4 is 0 Å². The van der Waals surface area contributed by atoms with Crippen molar-refractivity contribution in [3.8, 4) is 0 Å². The Hall–Kier alpha value is -0.943. The third kappa shape index (κ3) is 2.97. The number of ether oxygens (including phenoxy) is 1. The molecule has 106 valence electrons. The van der Waals surface area contributed by atoms with Gasteiger partial charge < -0.3 is 9.16 Å². The average Bonchev–Trinajstić information content (AvgIpc) is 2.95. The fourth-order valence-corrected chi connectivity index (χ4v) is 3.97. The Balaban J connectivity index is 1.86. The van der Waals surface area contributed by atoms with Crippen LogP contribution in [0.15, 0.2) is 11.6 Å². The van der Waals surface area contributed by atoms with Gasteiger partial charge in [0.25, 0.3) is 0 Å². The Morgan fingerprint density at radius 2 is 2.26 bits per heavy atom. The fourth-order valence-electron chi connectivity index (χ4n) is 3.32. The van der Waals surface area contributed by atoms with E-state index in [0.29, 0.717) is 25.2 Å². The van der Waals surface area contributed by atoms with E-state index < -0.39 is 0 Å². The van der Waals surface area contributed by atoms with Crippen LogP contribution in [-0.4, -0.2) is 34.9 Å². The number of hydrogen-bond acceptors (Lipinski definition) is 4. The van der Waals surface area contributed by atoms with Crippen molar-refractivity contribution in [3.63, 3.8) is 0 Å². The zero-order chi connectivity index (χ0) is 13.9. The summed E-state index contributed by atoms with van der Waals surface area (Å²) in [5.41, 5.74) is 0.866. The predicted octanol–water partition coefficient (Wildman–Crippen LogP) is 1.06. The number of carbonyl (C=O) groups is 2. The van der Waals surface area contributed by atoms with E-state index in [1.165, 1.54) is 13.5 Å². The fraction of sp³-hybridized carbons (Fsp3) is 0.714. The van der Waals surface area contributed by atoms with E-state index in [-0.39, 0.29) is 17.4 Å². The summed E-state index contributed by atoms with van der Waals surface area (Å²) < 4.78 is 10.4. The molecule has 1 fully saturated rings. The molecule has 2 aliphatic carbocycles. The molecule has 0 aromatic rings. The third-order valence-electron chi connectivity index (χ3n) is 4.46. The van der Waals surface area contributed by atoms with Crippen molar-refractivity contribution in [1.82, 2.24) is 0 Å². The second-order valence-electron chi connectivity index (χ2n) is 5.49. The van der Waals surface area contributed by atoms with Crippen LogP contribution in [0.2, 0.25) is 0 Å².